The Bertz CT molecular complexity index is 1440. The first-order valence-corrected chi connectivity index (χ1v) is 20.3. The monoisotopic (exact) mass is 703 g/mol. The molecule has 0 N–H and O–H groups in total. The van der Waals surface area contributed by atoms with E-state index in [9.17, 15) is 9.65 Å². The van der Waals surface area contributed by atoms with Crippen LogP contribution in [0.1, 0.15) is 150 Å². The van der Waals surface area contributed by atoms with Crippen molar-refractivity contribution in [2.24, 2.45) is 0 Å². The van der Waals surface area contributed by atoms with Gasteiger partial charge in [-0.25, -0.2) is 4.39 Å². The average Bonchev–Trinajstić information content (AvgIpc) is 3.19. The van der Waals surface area contributed by atoms with Gasteiger partial charge in [0.2, 0.25) is 0 Å². The molecule has 0 amide bonds. The van der Waals surface area contributed by atoms with Gasteiger partial charge in [0.05, 0.1) is 31.0 Å². The van der Waals surface area contributed by atoms with E-state index in [1.54, 1.807) is 6.07 Å². The van der Waals surface area contributed by atoms with Gasteiger partial charge < -0.3 is 9.47 Å². The highest BCUT2D eigenvalue weighted by Crippen LogP contribution is 2.40. The molecule has 0 fully saturated rings. The summed E-state index contributed by atoms with van der Waals surface area (Å²) in [5.41, 5.74) is 3.26. The van der Waals surface area contributed by atoms with Gasteiger partial charge in [0.15, 0.2) is 0 Å². The zero-order valence-corrected chi connectivity index (χ0v) is 31.8. The minimum absolute atomic E-state index is 0.208. The van der Waals surface area contributed by atoms with Gasteiger partial charge in [0.25, 0.3) is 0 Å². The molecule has 4 heteroatoms. The molecule has 4 aromatic rings. The van der Waals surface area contributed by atoms with E-state index in [4.69, 9.17) is 9.47 Å². The number of nitriles is 1. The van der Waals surface area contributed by atoms with Gasteiger partial charge in [-0.2, -0.15) is 5.26 Å². The van der Waals surface area contributed by atoms with E-state index in [0.717, 1.165) is 36.0 Å². The normalized spacial score (nSPS) is 12.1. The number of ether oxygens (including phenoxy) is 2. The Labute approximate surface area is 314 Å². The molecule has 3 nitrogen and oxygen atoms in total. The molecule has 0 aliphatic heterocycles. The molecule has 0 radical (unpaired) electrons. The van der Waals surface area contributed by atoms with Crippen molar-refractivity contribution in [3.8, 4) is 6.07 Å². The second kappa shape index (κ2) is 24.5. The van der Waals surface area contributed by atoms with Crippen LogP contribution in [0.3, 0.4) is 0 Å². The highest BCUT2D eigenvalue weighted by Gasteiger charge is 2.38. The van der Waals surface area contributed by atoms with Crippen molar-refractivity contribution in [1.82, 2.24) is 0 Å². The molecular weight excluding hydrogens is 642 g/mol. The van der Waals surface area contributed by atoms with Crippen molar-refractivity contribution in [2.45, 2.75) is 141 Å². The number of rotatable bonds is 27. The van der Waals surface area contributed by atoms with Gasteiger partial charge in [-0.15, -0.1) is 0 Å². The van der Waals surface area contributed by atoms with E-state index in [0.29, 0.717) is 17.7 Å². The zero-order chi connectivity index (χ0) is 36.5. The summed E-state index contributed by atoms with van der Waals surface area (Å²) in [5, 5.41) is 9.40. The molecule has 0 saturated heterocycles. The van der Waals surface area contributed by atoms with Gasteiger partial charge >= 0.3 is 0 Å². The van der Waals surface area contributed by atoms with Crippen LogP contribution in [-0.2, 0) is 21.7 Å². The molecule has 0 unspecified atom stereocenters. The highest BCUT2D eigenvalue weighted by atomic mass is 19.1. The topological polar surface area (TPSA) is 42.2 Å². The maximum atomic E-state index is 14.3. The first kappa shape index (κ1) is 41.0. The van der Waals surface area contributed by atoms with Crippen molar-refractivity contribution in [3.05, 3.63) is 143 Å². The number of nitrogens with zero attached hydrogens (tertiary/aromatic N) is 1. The van der Waals surface area contributed by atoms with Crippen LogP contribution in [0.2, 0.25) is 0 Å². The molecule has 0 bridgehead atoms. The third-order valence-corrected chi connectivity index (χ3v) is 10.2. The van der Waals surface area contributed by atoms with Crippen LogP contribution in [0.15, 0.2) is 109 Å². The van der Waals surface area contributed by atoms with Crippen LogP contribution in [0.4, 0.5) is 4.39 Å². The summed E-state index contributed by atoms with van der Waals surface area (Å²) in [6.07, 6.45) is 23.3. The number of hydrogen-bond donors (Lipinski definition) is 0. The van der Waals surface area contributed by atoms with E-state index in [-0.39, 0.29) is 12.7 Å². The standard InChI is InChI=1S/C48H62FNO2/c1-2-3-4-5-6-7-8-9-10-11-12-13-14-15-16-17-27-34-47(51-39-42-35-41(38-50)36-46(49)37-42)40-52-48(43-28-21-18-22-29-43,44-30-23-19-24-31-44)45-32-25-20-26-33-45/h18-26,28-33,35-37,47H,2-17,27,34,39-40H2,1H3/t47-/m0/s1. The van der Waals surface area contributed by atoms with E-state index in [1.807, 2.05) is 18.2 Å². The van der Waals surface area contributed by atoms with Gasteiger partial charge in [-0.1, -0.05) is 207 Å². The van der Waals surface area contributed by atoms with Crippen LogP contribution in [-0.4, -0.2) is 12.7 Å². The first-order valence-electron chi connectivity index (χ1n) is 20.3. The summed E-state index contributed by atoms with van der Waals surface area (Å²) in [6.45, 7) is 2.86. The molecule has 0 aliphatic carbocycles. The number of hydrogen-bond acceptors (Lipinski definition) is 3. The predicted octanol–water partition coefficient (Wildman–Crippen LogP) is 13.6. The summed E-state index contributed by atoms with van der Waals surface area (Å²) in [4.78, 5) is 0. The molecule has 0 aliphatic rings. The van der Waals surface area contributed by atoms with Crippen LogP contribution >= 0.6 is 0 Å². The molecule has 0 saturated carbocycles. The Hall–Kier alpha value is -3.78. The Morgan fingerprint density at radius 1 is 0.577 bits per heavy atom. The van der Waals surface area contributed by atoms with Crippen molar-refractivity contribution in [3.63, 3.8) is 0 Å². The highest BCUT2D eigenvalue weighted by molar-refractivity contribution is 5.47. The van der Waals surface area contributed by atoms with Gasteiger partial charge in [0.1, 0.15) is 11.4 Å². The Kier molecular flexibility index (Phi) is 19.3. The smallest absolute Gasteiger partial charge is 0.143 e. The number of halogens is 1. The Morgan fingerprint density at radius 2 is 1.00 bits per heavy atom. The lowest BCUT2D eigenvalue weighted by molar-refractivity contribution is -0.0731. The lowest BCUT2D eigenvalue weighted by atomic mass is 9.80. The van der Waals surface area contributed by atoms with Gasteiger partial charge in [0, 0.05) is 0 Å². The van der Waals surface area contributed by atoms with Crippen LogP contribution in [0.5, 0.6) is 0 Å². The van der Waals surface area contributed by atoms with Crippen molar-refractivity contribution in [1.29, 1.82) is 5.26 Å². The molecule has 0 aromatic heterocycles. The van der Waals surface area contributed by atoms with E-state index < -0.39 is 11.4 Å². The van der Waals surface area contributed by atoms with Crippen molar-refractivity contribution >= 4 is 0 Å². The molecule has 4 aromatic carbocycles. The summed E-state index contributed by atoms with van der Waals surface area (Å²) >= 11 is 0. The average molecular weight is 704 g/mol. The molecule has 0 heterocycles. The quantitative estimate of drug-likeness (QED) is 0.0459. The second-order valence-corrected chi connectivity index (χ2v) is 14.4. The zero-order valence-electron chi connectivity index (χ0n) is 31.8. The Morgan fingerprint density at radius 3 is 1.42 bits per heavy atom. The summed E-state index contributed by atoms with van der Waals surface area (Å²) in [5.74, 6) is -0.421. The van der Waals surface area contributed by atoms with E-state index >= 15 is 0 Å². The minimum Gasteiger partial charge on any atom is -0.371 e. The SMILES string of the molecule is CCCCCCCCCCCCCCCCCCC[C@@H](COC(c1ccccc1)(c1ccccc1)c1ccccc1)OCc1cc(F)cc(C#N)c1. The largest absolute Gasteiger partial charge is 0.371 e. The van der Waals surface area contributed by atoms with Crippen LogP contribution in [0.25, 0.3) is 0 Å². The maximum absolute atomic E-state index is 14.3. The maximum Gasteiger partial charge on any atom is 0.143 e. The molecule has 1 atom stereocenters. The predicted molar refractivity (Wildman–Crippen MR) is 214 cm³/mol. The minimum atomic E-state index is -0.841. The summed E-state index contributed by atoms with van der Waals surface area (Å²) in [6, 6.07) is 37.7. The summed E-state index contributed by atoms with van der Waals surface area (Å²) in [7, 11) is 0. The molecule has 278 valence electrons. The molecule has 0 spiro atoms. The molecule has 4 rings (SSSR count). The van der Waals surface area contributed by atoms with Gasteiger partial charge in [-0.05, 0) is 46.9 Å². The fraction of sp³-hybridized carbons (Fsp3) is 0.479. The molecule has 52 heavy (non-hydrogen) atoms. The third-order valence-electron chi connectivity index (χ3n) is 10.2. The van der Waals surface area contributed by atoms with Crippen molar-refractivity contribution < 1.29 is 13.9 Å². The fourth-order valence-electron chi connectivity index (χ4n) is 7.31. The second-order valence-electron chi connectivity index (χ2n) is 14.4. The van der Waals surface area contributed by atoms with E-state index in [2.05, 4.69) is 85.8 Å². The lowest BCUT2D eigenvalue weighted by Crippen LogP contribution is -2.36. The first-order chi connectivity index (χ1) is 25.7. The van der Waals surface area contributed by atoms with Crippen LogP contribution in [0, 0.1) is 17.1 Å². The third kappa shape index (κ3) is 14.0. The van der Waals surface area contributed by atoms with E-state index in [1.165, 1.54) is 108 Å². The molecular formula is C48H62FNO2. The van der Waals surface area contributed by atoms with Gasteiger partial charge in [-0.3, -0.25) is 0 Å². The lowest BCUT2D eigenvalue weighted by Gasteiger charge is -2.37. The van der Waals surface area contributed by atoms with Crippen molar-refractivity contribution in [2.75, 3.05) is 6.61 Å². The number of benzene rings is 4. The Balaban J connectivity index is 1.32. The number of unbranched alkanes of at least 4 members (excludes halogenated alkanes) is 16. The van der Waals surface area contributed by atoms with Crippen LogP contribution < -0.4 is 0 Å². The summed E-state index contributed by atoms with van der Waals surface area (Å²) < 4.78 is 28.0. The fourth-order valence-corrected chi connectivity index (χ4v) is 7.31.